The van der Waals surface area contributed by atoms with Gasteiger partial charge in [0.25, 0.3) is 0 Å². The molecule has 4 unspecified atom stereocenters. The molecule has 0 aliphatic carbocycles. The number of rotatable bonds is 13. The summed E-state index contributed by atoms with van der Waals surface area (Å²) < 4.78 is 0. The number of hydrogen-bond acceptors (Lipinski definition) is 6. The molecule has 11 heteroatoms. The molecule has 4 atom stereocenters. The molecule has 0 saturated heterocycles. The average Bonchev–Trinajstić information content (AvgIpc) is 2.62. The van der Waals surface area contributed by atoms with E-state index in [-0.39, 0.29) is 24.8 Å². The standard InChI is InChI=1S/C18H32N4O7/c1-5-10(4)15(22-13(23)8-19)17(27)20-11(7-14(24)25)16(26)21-12(18(28)29)6-9(2)3/h9-12,15H,5-8,19H2,1-4H3,(H,20,27)(H,21,26)(H,22,23)(H,24,25)(H,28,29). The molecule has 0 heterocycles. The van der Waals surface area contributed by atoms with Gasteiger partial charge in [0.15, 0.2) is 0 Å². The van der Waals surface area contributed by atoms with Crippen LogP contribution >= 0.6 is 0 Å². The summed E-state index contributed by atoms with van der Waals surface area (Å²) in [5.74, 6) is -5.22. The third-order valence-electron chi connectivity index (χ3n) is 4.33. The van der Waals surface area contributed by atoms with Crippen LogP contribution in [0.15, 0.2) is 0 Å². The topological polar surface area (TPSA) is 188 Å². The van der Waals surface area contributed by atoms with Crippen LogP contribution in [0.3, 0.4) is 0 Å². The molecule has 11 nitrogen and oxygen atoms in total. The van der Waals surface area contributed by atoms with Crippen molar-refractivity contribution in [3.05, 3.63) is 0 Å². The van der Waals surface area contributed by atoms with E-state index < -0.39 is 54.2 Å². The minimum atomic E-state index is -1.50. The lowest BCUT2D eigenvalue weighted by Crippen LogP contribution is -2.58. The van der Waals surface area contributed by atoms with Gasteiger partial charge in [0.2, 0.25) is 17.7 Å². The number of carbonyl (C=O) groups is 5. The molecule has 7 N–H and O–H groups in total. The van der Waals surface area contributed by atoms with Crippen LogP contribution < -0.4 is 21.7 Å². The van der Waals surface area contributed by atoms with Crippen molar-refractivity contribution in [3.63, 3.8) is 0 Å². The number of carboxylic acids is 2. The van der Waals surface area contributed by atoms with Crippen LogP contribution in [0.1, 0.15) is 47.0 Å². The van der Waals surface area contributed by atoms with E-state index >= 15 is 0 Å². The second-order valence-corrected chi connectivity index (χ2v) is 7.32. The van der Waals surface area contributed by atoms with Crippen molar-refractivity contribution >= 4 is 29.7 Å². The van der Waals surface area contributed by atoms with Crippen LogP contribution in [-0.4, -0.2) is 64.5 Å². The normalized spacial score (nSPS) is 15.0. The molecule has 0 saturated carbocycles. The molecule has 0 aliphatic heterocycles. The van der Waals surface area contributed by atoms with E-state index in [9.17, 15) is 29.1 Å². The summed E-state index contributed by atoms with van der Waals surface area (Å²) in [5, 5.41) is 25.4. The monoisotopic (exact) mass is 416 g/mol. The van der Waals surface area contributed by atoms with Gasteiger partial charge in [0.1, 0.15) is 18.1 Å². The summed E-state index contributed by atoms with van der Waals surface area (Å²) in [6.45, 7) is 6.71. The Morgan fingerprint density at radius 3 is 1.86 bits per heavy atom. The lowest BCUT2D eigenvalue weighted by molar-refractivity contribution is -0.144. The van der Waals surface area contributed by atoms with Crippen molar-refractivity contribution in [2.24, 2.45) is 17.6 Å². The molecule has 0 bridgehead atoms. The molecule has 0 rings (SSSR count). The largest absolute Gasteiger partial charge is 0.481 e. The van der Waals surface area contributed by atoms with E-state index in [0.29, 0.717) is 6.42 Å². The van der Waals surface area contributed by atoms with Crippen molar-refractivity contribution in [1.29, 1.82) is 0 Å². The molecule has 3 amide bonds. The number of carboxylic acid groups (broad SMARTS) is 2. The highest BCUT2D eigenvalue weighted by atomic mass is 16.4. The van der Waals surface area contributed by atoms with Crippen molar-refractivity contribution < 1.29 is 34.2 Å². The van der Waals surface area contributed by atoms with Crippen LogP contribution in [0.5, 0.6) is 0 Å². The molecule has 29 heavy (non-hydrogen) atoms. The van der Waals surface area contributed by atoms with Crippen molar-refractivity contribution in [3.8, 4) is 0 Å². The van der Waals surface area contributed by atoms with Crippen LogP contribution in [0.25, 0.3) is 0 Å². The second-order valence-electron chi connectivity index (χ2n) is 7.32. The molecule has 0 aromatic rings. The van der Waals surface area contributed by atoms with Gasteiger partial charge in [0.05, 0.1) is 13.0 Å². The Kier molecular flexibility index (Phi) is 11.5. The van der Waals surface area contributed by atoms with Crippen LogP contribution in [0.4, 0.5) is 0 Å². The van der Waals surface area contributed by atoms with Gasteiger partial charge in [0, 0.05) is 0 Å². The Hall–Kier alpha value is -2.69. The predicted octanol–water partition coefficient (Wildman–Crippen LogP) is -0.949. The molecule has 0 aliphatic rings. The van der Waals surface area contributed by atoms with Gasteiger partial charge in [-0.3, -0.25) is 19.2 Å². The fourth-order valence-electron chi connectivity index (χ4n) is 2.54. The zero-order valence-electron chi connectivity index (χ0n) is 17.2. The van der Waals surface area contributed by atoms with Gasteiger partial charge in [-0.25, -0.2) is 4.79 Å². The predicted molar refractivity (Wildman–Crippen MR) is 104 cm³/mol. The first-order chi connectivity index (χ1) is 13.4. The van der Waals surface area contributed by atoms with Gasteiger partial charge >= 0.3 is 11.9 Å². The molecule has 0 fully saturated rings. The number of nitrogens with two attached hydrogens (primary N) is 1. The number of carbonyl (C=O) groups excluding carboxylic acids is 3. The lowest BCUT2D eigenvalue weighted by atomic mass is 9.97. The zero-order chi connectivity index (χ0) is 22.7. The molecule has 0 aromatic carbocycles. The number of hydrogen-bond donors (Lipinski definition) is 6. The van der Waals surface area contributed by atoms with E-state index in [1.54, 1.807) is 27.7 Å². The fourth-order valence-corrected chi connectivity index (χ4v) is 2.54. The van der Waals surface area contributed by atoms with E-state index in [2.05, 4.69) is 16.0 Å². The zero-order valence-corrected chi connectivity index (χ0v) is 17.2. The Morgan fingerprint density at radius 2 is 1.45 bits per heavy atom. The Bertz CT molecular complexity index is 609. The molecular formula is C18H32N4O7. The smallest absolute Gasteiger partial charge is 0.326 e. The maximum Gasteiger partial charge on any atom is 0.326 e. The quantitative estimate of drug-likeness (QED) is 0.221. The SMILES string of the molecule is CCC(C)C(NC(=O)CN)C(=O)NC(CC(=O)O)C(=O)NC(CC(C)C)C(=O)O. The van der Waals surface area contributed by atoms with Gasteiger partial charge in [-0.05, 0) is 18.3 Å². The highest BCUT2D eigenvalue weighted by molar-refractivity contribution is 5.95. The maximum atomic E-state index is 12.6. The van der Waals surface area contributed by atoms with E-state index in [1.165, 1.54) is 0 Å². The molecule has 166 valence electrons. The first-order valence-corrected chi connectivity index (χ1v) is 9.47. The first-order valence-electron chi connectivity index (χ1n) is 9.47. The Labute approximate surface area is 169 Å². The van der Waals surface area contributed by atoms with Crippen LogP contribution in [0.2, 0.25) is 0 Å². The summed E-state index contributed by atoms with van der Waals surface area (Å²) >= 11 is 0. The fraction of sp³-hybridized carbons (Fsp3) is 0.722. The lowest BCUT2D eigenvalue weighted by Gasteiger charge is -2.26. The summed E-state index contributed by atoms with van der Waals surface area (Å²) in [7, 11) is 0. The third-order valence-corrected chi connectivity index (χ3v) is 4.33. The first kappa shape index (κ1) is 26.3. The highest BCUT2D eigenvalue weighted by Gasteiger charge is 2.32. The van der Waals surface area contributed by atoms with Gasteiger partial charge in [-0.15, -0.1) is 0 Å². The van der Waals surface area contributed by atoms with E-state index in [0.717, 1.165) is 0 Å². The van der Waals surface area contributed by atoms with Gasteiger partial charge in [-0.1, -0.05) is 34.1 Å². The number of nitrogens with one attached hydrogen (secondary N) is 3. The highest BCUT2D eigenvalue weighted by Crippen LogP contribution is 2.10. The second kappa shape index (κ2) is 12.7. The Balaban J connectivity index is 5.44. The van der Waals surface area contributed by atoms with E-state index in [4.69, 9.17) is 10.8 Å². The molecule has 0 radical (unpaired) electrons. The van der Waals surface area contributed by atoms with Gasteiger partial charge < -0.3 is 31.9 Å². The van der Waals surface area contributed by atoms with E-state index in [1.807, 2.05) is 0 Å². The molecule has 0 aromatic heterocycles. The third kappa shape index (κ3) is 9.88. The maximum absolute atomic E-state index is 12.6. The summed E-state index contributed by atoms with van der Waals surface area (Å²) in [6, 6.07) is -3.75. The Morgan fingerprint density at radius 1 is 0.897 bits per heavy atom. The molecular weight excluding hydrogens is 384 g/mol. The average molecular weight is 416 g/mol. The summed E-state index contributed by atoms with van der Waals surface area (Å²) in [5.41, 5.74) is 5.26. The minimum absolute atomic E-state index is 0.0369. The number of aliphatic carboxylic acids is 2. The van der Waals surface area contributed by atoms with Crippen LogP contribution in [-0.2, 0) is 24.0 Å². The molecule has 0 spiro atoms. The van der Waals surface area contributed by atoms with Crippen molar-refractivity contribution in [1.82, 2.24) is 16.0 Å². The van der Waals surface area contributed by atoms with Gasteiger partial charge in [-0.2, -0.15) is 0 Å². The number of amides is 3. The minimum Gasteiger partial charge on any atom is -0.481 e. The van der Waals surface area contributed by atoms with Crippen molar-refractivity contribution in [2.75, 3.05) is 6.54 Å². The summed E-state index contributed by atoms with van der Waals surface area (Å²) in [6.07, 6.45) is -0.0886. The van der Waals surface area contributed by atoms with Crippen LogP contribution in [0, 0.1) is 11.8 Å². The van der Waals surface area contributed by atoms with Crippen molar-refractivity contribution in [2.45, 2.75) is 65.1 Å². The summed E-state index contributed by atoms with van der Waals surface area (Å²) in [4.78, 5) is 59.2.